The molecule has 1 saturated heterocycles. The molecule has 3 aromatic rings. The van der Waals surface area contributed by atoms with Gasteiger partial charge in [0.1, 0.15) is 11.6 Å². The molecule has 0 bridgehead atoms. The third-order valence-electron chi connectivity index (χ3n) is 6.09. The Balaban J connectivity index is 0.00000306. The molecule has 7 heteroatoms. The summed E-state index contributed by atoms with van der Waals surface area (Å²) >= 11 is 0. The summed E-state index contributed by atoms with van der Waals surface area (Å²) in [6, 6.07) is 17.2. The maximum absolute atomic E-state index is 5.30. The summed E-state index contributed by atoms with van der Waals surface area (Å²) in [4.78, 5) is 11.7. The van der Waals surface area contributed by atoms with Crippen molar-refractivity contribution in [1.29, 1.82) is 0 Å². The number of nitrogens with one attached hydrogen (secondary N) is 1. The van der Waals surface area contributed by atoms with Gasteiger partial charge in [-0.3, -0.25) is 0 Å². The van der Waals surface area contributed by atoms with Crippen LogP contribution in [0, 0.1) is 6.92 Å². The van der Waals surface area contributed by atoms with Crippen molar-refractivity contribution >= 4 is 29.9 Å². The molecular weight excluding hydrogens is 525 g/mol. The maximum atomic E-state index is 5.30. The van der Waals surface area contributed by atoms with E-state index in [9.17, 15) is 0 Å². The number of imidazole rings is 1. The van der Waals surface area contributed by atoms with Crippen molar-refractivity contribution in [3.05, 3.63) is 83.4 Å². The van der Waals surface area contributed by atoms with Crippen LogP contribution in [0.4, 0.5) is 0 Å². The van der Waals surface area contributed by atoms with Crippen LogP contribution in [0.2, 0.25) is 0 Å². The molecule has 1 fully saturated rings. The number of hydrogen-bond acceptors (Lipinski definition) is 3. The molecular formula is C26H34IN5O. The highest BCUT2D eigenvalue weighted by Crippen LogP contribution is 2.28. The van der Waals surface area contributed by atoms with Crippen molar-refractivity contribution in [1.82, 2.24) is 19.8 Å². The van der Waals surface area contributed by atoms with Crippen LogP contribution < -0.4 is 10.1 Å². The van der Waals surface area contributed by atoms with E-state index < -0.39 is 0 Å². The van der Waals surface area contributed by atoms with Gasteiger partial charge in [-0.1, -0.05) is 36.4 Å². The molecule has 1 N–H and O–H groups in total. The van der Waals surface area contributed by atoms with Gasteiger partial charge in [0.2, 0.25) is 0 Å². The SMILES string of the molecule is CCNC(=NCc1cccc(Cn2ccnc2C)c1)N1CCC(c2ccc(OC)cc2)C1.I. The molecule has 1 aliphatic heterocycles. The molecule has 2 aromatic carbocycles. The van der Waals surface area contributed by atoms with Gasteiger partial charge >= 0.3 is 0 Å². The lowest BCUT2D eigenvalue weighted by Gasteiger charge is -2.22. The number of aromatic nitrogens is 2. The quantitative estimate of drug-likeness (QED) is 0.256. The van der Waals surface area contributed by atoms with E-state index in [4.69, 9.17) is 9.73 Å². The lowest BCUT2D eigenvalue weighted by atomic mass is 9.98. The zero-order valence-corrected chi connectivity index (χ0v) is 22.0. The number of likely N-dealkylation sites (tertiary alicyclic amines) is 1. The Morgan fingerprint density at radius 2 is 1.97 bits per heavy atom. The molecule has 6 nitrogen and oxygen atoms in total. The van der Waals surface area contributed by atoms with Crippen molar-refractivity contribution in [2.75, 3.05) is 26.7 Å². The van der Waals surface area contributed by atoms with Crippen molar-refractivity contribution in [3.63, 3.8) is 0 Å². The van der Waals surface area contributed by atoms with Crippen molar-refractivity contribution < 1.29 is 4.74 Å². The average molecular weight is 559 g/mol. The first-order valence-electron chi connectivity index (χ1n) is 11.4. The first kappa shape index (κ1) is 25.1. The topological polar surface area (TPSA) is 54.7 Å². The predicted octanol–water partition coefficient (Wildman–Crippen LogP) is 4.82. The van der Waals surface area contributed by atoms with Gasteiger partial charge in [-0.05, 0) is 49.1 Å². The van der Waals surface area contributed by atoms with Gasteiger partial charge in [-0.15, -0.1) is 24.0 Å². The normalized spacial score (nSPS) is 15.9. The van der Waals surface area contributed by atoms with Crippen LogP contribution >= 0.6 is 24.0 Å². The zero-order chi connectivity index (χ0) is 22.3. The fourth-order valence-corrected chi connectivity index (χ4v) is 4.29. The second-order valence-corrected chi connectivity index (χ2v) is 8.30. The molecule has 176 valence electrons. The number of rotatable bonds is 7. The summed E-state index contributed by atoms with van der Waals surface area (Å²) in [7, 11) is 1.71. The Bertz CT molecular complexity index is 1050. The summed E-state index contributed by atoms with van der Waals surface area (Å²) in [5, 5.41) is 3.49. The molecule has 1 atom stereocenters. The summed E-state index contributed by atoms with van der Waals surface area (Å²) in [5.74, 6) is 3.46. The summed E-state index contributed by atoms with van der Waals surface area (Å²) in [5.41, 5.74) is 3.86. The molecule has 4 rings (SSSR count). The van der Waals surface area contributed by atoms with Crippen molar-refractivity contribution in [3.8, 4) is 5.75 Å². The number of ether oxygens (including phenoxy) is 1. The predicted molar refractivity (Wildman–Crippen MR) is 145 cm³/mol. The Hall–Kier alpha value is -2.55. The van der Waals surface area contributed by atoms with E-state index in [1.165, 1.54) is 16.7 Å². The van der Waals surface area contributed by atoms with E-state index in [1.807, 2.05) is 19.3 Å². The fraction of sp³-hybridized carbons (Fsp3) is 0.385. The minimum atomic E-state index is 0. The van der Waals surface area contributed by atoms with Gasteiger partial charge in [0.15, 0.2) is 5.96 Å². The third kappa shape index (κ3) is 6.50. The number of benzene rings is 2. The van der Waals surface area contributed by atoms with E-state index in [-0.39, 0.29) is 24.0 Å². The molecule has 0 aliphatic carbocycles. The first-order chi connectivity index (χ1) is 15.7. The largest absolute Gasteiger partial charge is 0.497 e. The van der Waals surface area contributed by atoms with Gasteiger partial charge < -0.3 is 19.5 Å². The van der Waals surface area contributed by atoms with Crippen LogP contribution in [-0.4, -0.2) is 47.2 Å². The highest BCUT2D eigenvalue weighted by molar-refractivity contribution is 14.0. The molecule has 1 aliphatic rings. The first-order valence-corrected chi connectivity index (χ1v) is 11.4. The molecule has 0 amide bonds. The number of aliphatic imine (C=N–C) groups is 1. The third-order valence-corrected chi connectivity index (χ3v) is 6.09. The van der Waals surface area contributed by atoms with Crippen molar-refractivity contribution in [2.24, 2.45) is 4.99 Å². The van der Waals surface area contributed by atoms with Crippen LogP contribution in [-0.2, 0) is 13.1 Å². The number of halogens is 1. The Morgan fingerprint density at radius 1 is 1.18 bits per heavy atom. The summed E-state index contributed by atoms with van der Waals surface area (Å²) in [6.45, 7) is 8.53. The molecule has 0 spiro atoms. The van der Waals surface area contributed by atoms with E-state index in [1.54, 1.807) is 7.11 Å². The van der Waals surface area contributed by atoms with Gasteiger partial charge in [-0.25, -0.2) is 9.98 Å². The highest BCUT2D eigenvalue weighted by Gasteiger charge is 2.26. The lowest BCUT2D eigenvalue weighted by Crippen LogP contribution is -2.40. The Morgan fingerprint density at radius 3 is 2.67 bits per heavy atom. The second kappa shape index (κ2) is 12.1. The molecule has 1 unspecified atom stereocenters. The molecule has 0 saturated carbocycles. The minimum Gasteiger partial charge on any atom is -0.497 e. The number of hydrogen-bond donors (Lipinski definition) is 1. The minimum absolute atomic E-state index is 0. The zero-order valence-electron chi connectivity index (χ0n) is 19.7. The number of nitrogens with zero attached hydrogens (tertiary/aromatic N) is 4. The van der Waals surface area contributed by atoms with Crippen LogP contribution in [0.25, 0.3) is 0 Å². The lowest BCUT2D eigenvalue weighted by molar-refractivity contribution is 0.414. The number of guanidine groups is 1. The van der Waals surface area contributed by atoms with Gasteiger partial charge in [0.25, 0.3) is 0 Å². The summed E-state index contributed by atoms with van der Waals surface area (Å²) < 4.78 is 7.46. The van der Waals surface area contributed by atoms with Crippen LogP contribution in [0.1, 0.15) is 41.8 Å². The van der Waals surface area contributed by atoms with E-state index in [2.05, 4.69) is 75.2 Å². The average Bonchev–Trinajstić information content (AvgIpc) is 3.47. The van der Waals surface area contributed by atoms with Crippen LogP contribution in [0.15, 0.2) is 65.9 Å². The monoisotopic (exact) mass is 559 g/mol. The molecule has 1 aromatic heterocycles. The van der Waals surface area contributed by atoms with Crippen molar-refractivity contribution in [2.45, 2.75) is 39.3 Å². The highest BCUT2D eigenvalue weighted by atomic mass is 127. The second-order valence-electron chi connectivity index (χ2n) is 8.30. The summed E-state index contributed by atoms with van der Waals surface area (Å²) in [6.07, 6.45) is 5.01. The van der Waals surface area contributed by atoms with Gasteiger partial charge in [-0.2, -0.15) is 0 Å². The maximum Gasteiger partial charge on any atom is 0.194 e. The Labute approximate surface area is 214 Å². The van der Waals surface area contributed by atoms with E-state index in [0.717, 1.165) is 50.1 Å². The standard InChI is InChI=1S/C26H33N5O.HI/c1-4-27-26(31-14-12-24(19-31)23-8-10-25(32-3)11-9-23)29-17-21-6-5-7-22(16-21)18-30-15-13-28-20(30)2;/h5-11,13,15-16,24H,4,12,14,17-19H2,1-3H3,(H,27,29);1H. The van der Waals surface area contributed by atoms with Crippen LogP contribution in [0.5, 0.6) is 5.75 Å². The van der Waals surface area contributed by atoms with Gasteiger partial charge in [0, 0.05) is 44.5 Å². The van der Waals surface area contributed by atoms with Crippen LogP contribution in [0.3, 0.4) is 0 Å². The molecule has 0 radical (unpaired) electrons. The number of aryl methyl sites for hydroxylation is 1. The smallest absolute Gasteiger partial charge is 0.194 e. The molecule has 33 heavy (non-hydrogen) atoms. The Kier molecular flexibility index (Phi) is 9.17. The molecule has 2 heterocycles. The van der Waals surface area contributed by atoms with E-state index in [0.29, 0.717) is 12.5 Å². The fourth-order valence-electron chi connectivity index (χ4n) is 4.29. The number of methoxy groups -OCH3 is 1. The van der Waals surface area contributed by atoms with E-state index >= 15 is 0 Å². The van der Waals surface area contributed by atoms with Gasteiger partial charge in [0.05, 0.1) is 13.7 Å².